The van der Waals surface area contributed by atoms with Crippen LogP contribution in [0.1, 0.15) is 0 Å². The number of pyridine rings is 1. The monoisotopic (exact) mass is 510 g/mol. The summed E-state index contributed by atoms with van der Waals surface area (Å²) < 4.78 is 14.1. The van der Waals surface area contributed by atoms with Gasteiger partial charge < -0.3 is 4.74 Å². The van der Waals surface area contributed by atoms with Gasteiger partial charge in [-0.15, -0.1) is 0 Å². The van der Waals surface area contributed by atoms with E-state index in [1.54, 1.807) is 11.8 Å². The van der Waals surface area contributed by atoms with Crippen LogP contribution < -0.4 is 18.9 Å². The average molecular weight is 511 g/mol. The Kier molecular flexibility index (Phi) is 2.71. The molecule has 8 heterocycles. The zero-order chi connectivity index (χ0) is 24.5. The van der Waals surface area contributed by atoms with Crippen LogP contribution in [0, 0.1) is 0 Å². The molecule has 0 fully saturated rings. The number of quaternary nitrogens is 1. The molecule has 4 aromatic heterocycles. The molecular formula is C29H16N7OS+3. The predicted molar refractivity (Wildman–Crippen MR) is 142 cm³/mol. The first-order valence-electron chi connectivity index (χ1n) is 12.6. The third-order valence-electron chi connectivity index (χ3n) is 8.61. The second-order valence-electron chi connectivity index (χ2n) is 10.2. The number of aryl methyl sites for hydroxylation is 1. The van der Waals surface area contributed by atoms with E-state index in [2.05, 4.69) is 91.3 Å². The van der Waals surface area contributed by atoms with Gasteiger partial charge in [0.05, 0.1) is 38.6 Å². The molecule has 0 bridgehead atoms. The molecule has 38 heavy (non-hydrogen) atoms. The van der Waals surface area contributed by atoms with Gasteiger partial charge in [0.2, 0.25) is 17.0 Å². The van der Waals surface area contributed by atoms with Crippen molar-refractivity contribution in [2.24, 2.45) is 7.05 Å². The van der Waals surface area contributed by atoms with Crippen LogP contribution in [0.5, 0.6) is 11.5 Å². The second kappa shape index (κ2) is 5.57. The molecule has 0 N–H and O–H groups in total. The minimum Gasteiger partial charge on any atom is -0.444 e. The minimum atomic E-state index is 0.275. The summed E-state index contributed by atoms with van der Waals surface area (Å²) in [6, 6.07) is 21.4. The lowest BCUT2D eigenvalue weighted by atomic mass is 10.1. The molecule has 0 radical (unpaired) electrons. The highest BCUT2D eigenvalue weighted by atomic mass is 32.2. The number of fused-ring (bicyclic) bond motifs is 5. The average Bonchev–Trinajstić information content (AvgIpc) is 3.57. The summed E-state index contributed by atoms with van der Waals surface area (Å²) in [5.41, 5.74) is 9.01. The van der Waals surface area contributed by atoms with Crippen LogP contribution in [0.2, 0.25) is 0 Å². The zero-order valence-electron chi connectivity index (χ0n) is 20.0. The van der Waals surface area contributed by atoms with E-state index in [1.165, 1.54) is 15.9 Å². The predicted octanol–water partition coefficient (Wildman–Crippen LogP) is 5.07. The fourth-order valence-corrected chi connectivity index (χ4v) is 8.41. The fourth-order valence-electron chi connectivity index (χ4n) is 7.34. The Morgan fingerprint density at radius 1 is 0.895 bits per heavy atom. The fraction of sp³-hybridized carbons (Fsp3) is 0.0345. The van der Waals surface area contributed by atoms with Gasteiger partial charge in [0.1, 0.15) is 10.3 Å². The Balaban J connectivity index is 1.52. The Hall–Kier alpha value is -4.73. The number of hydrogen-bond acceptors (Lipinski definition) is 4. The van der Waals surface area contributed by atoms with Gasteiger partial charge in [0.15, 0.2) is 16.8 Å². The third-order valence-corrected chi connectivity index (χ3v) is 9.68. The Labute approximate surface area is 218 Å². The lowest BCUT2D eigenvalue weighted by Crippen LogP contribution is -2.85. The number of imidazole rings is 1. The van der Waals surface area contributed by atoms with E-state index in [0.29, 0.717) is 0 Å². The summed E-state index contributed by atoms with van der Waals surface area (Å²) in [6.07, 6.45) is 5.89. The van der Waals surface area contributed by atoms with Crippen LogP contribution in [0.15, 0.2) is 89.0 Å². The Morgan fingerprint density at radius 3 is 2.79 bits per heavy atom. The first-order chi connectivity index (χ1) is 18.8. The number of ether oxygens (including phenoxy) is 1. The number of aromatic nitrogens is 6. The van der Waals surface area contributed by atoms with Crippen LogP contribution in [-0.4, -0.2) is 19.2 Å². The molecule has 0 saturated heterocycles. The van der Waals surface area contributed by atoms with Crippen LogP contribution in [0.3, 0.4) is 0 Å². The maximum atomic E-state index is 6.72. The van der Waals surface area contributed by atoms with Gasteiger partial charge in [-0.25, -0.2) is 4.57 Å². The topological polar surface area (TPSA) is 52.6 Å². The van der Waals surface area contributed by atoms with Gasteiger partial charge >= 0.3 is 17.2 Å². The molecular weight excluding hydrogens is 494 g/mol. The molecule has 8 nitrogen and oxygen atoms in total. The number of rotatable bonds is 0. The molecule has 11 rings (SSSR count). The number of benzene rings is 3. The number of nitrogens with zero attached hydrogens (tertiary/aromatic N) is 7. The van der Waals surface area contributed by atoms with E-state index >= 15 is 0 Å². The molecule has 0 saturated carbocycles. The number of para-hydroxylation sites is 3. The first-order valence-corrected chi connectivity index (χ1v) is 13.4. The van der Waals surface area contributed by atoms with Crippen molar-refractivity contribution < 1.29 is 14.2 Å². The zero-order valence-corrected chi connectivity index (χ0v) is 20.8. The van der Waals surface area contributed by atoms with Gasteiger partial charge in [-0.2, -0.15) is 4.57 Å². The van der Waals surface area contributed by atoms with Crippen molar-refractivity contribution in [1.82, 2.24) is 23.9 Å². The molecule has 3 aromatic carbocycles. The summed E-state index contributed by atoms with van der Waals surface area (Å²) in [7, 11) is 2.15. The van der Waals surface area contributed by atoms with Crippen molar-refractivity contribution in [3.05, 3.63) is 79.3 Å². The highest BCUT2D eigenvalue weighted by Gasteiger charge is 2.71. The SMILES string of the molecule is Cn1c2[n+](c3ccccc31)[N+]13c4c(cccc4-2)Oc2ccc4c(c21)-n1c2c(cncc2c2ccn[n+]3c21)S4. The van der Waals surface area contributed by atoms with Gasteiger partial charge in [0, 0.05) is 17.1 Å². The maximum absolute atomic E-state index is 6.72. The molecule has 4 aliphatic rings. The van der Waals surface area contributed by atoms with Crippen LogP contribution in [0.25, 0.3) is 50.0 Å². The van der Waals surface area contributed by atoms with Crippen molar-refractivity contribution in [1.29, 1.82) is 0 Å². The Bertz CT molecular complexity index is 2330. The molecule has 1 spiro atoms. The van der Waals surface area contributed by atoms with Crippen molar-refractivity contribution in [3.63, 3.8) is 0 Å². The molecule has 0 aliphatic carbocycles. The van der Waals surface area contributed by atoms with Gasteiger partial charge in [-0.05, 0) is 47.6 Å². The molecule has 0 amide bonds. The maximum Gasteiger partial charge on any atom is 0.378 e. The highest BCUT2D eigenvalue weighted by molar-refractivity contribution is 7.99. The quantitative estimate of drug-likeness (QED) is 0.211. The third kappa shape index (κ3) is 1.61. The van der Waals surface area contributed by atoms with Gasteiger partial charge in [-0.1, -0.05) is 30.0 Å². The van der Waals surface area contributed by atoms with E-state index in [9.17, 15) is 0 Å². The molecule has 176 valence electrons. The summed E-state index contributed by atoms with van der Waals surface area (Å²) in [6.45, 7) is 0. The van der Waals surface area contributed by atoms with Crippen molar-refractivity contribution >= 4 is 56.1 Å². The van der Waals surface area contributed by atoms with E-state index in [0.717, 1.165) is 66.8 Å². The van der Waals surface area contributed by atoms with E-state index in [-0.39, 0.29) is 4.70 Å². The van der Waals surface area contributed by atoms with Crippen LogP contribution in [0.4, 0.5) is 11.4 Å². The lowest BCUT2D eigenvalue weighted by Gasteiger charge is -2.33. The van der Waals surface area contributed by atoms with Crippen LogP contribution in [-0.2, 0) is 7.05 Å². The Morgan fingerprint density at radius 2 is 1.82 bits per heavy atom. The highest BCUT2D eigenvalue weighted by Crippen LogP contribution is 2.62. The summed E-state index contributed by atoms with van der Waals surface area (Å²) in [5.74, 6) is 2.82. The van der Waals surface area contributed by atoms with Crippen LogP contribution >= 0.6 is 11.8 Å². The van der Waals surface area contributed by atoms with Gasteiger partial charge in [-0.3, -0.25) is 4.98 Å². The standard InChI is InChI=1S/C29H16N7OS/c1-32-18-6-2-3-7-19(18)34-28(32)16-5-4-8-20-26(16)36(34)27-21(37-20)9-10-22-25(27)33-24-17(13-30-14-23(24)38-22)15-11-12-31-35(36)29(15)33/h2-14H,1H3/q+3. The first kappa shape index (κ1) is 18.5. The smallest absolute Gasteiger partial charge is 0.378 e. The molecule has 7 aromatic rings. The van der Waals surface area contributed by atoms with Crippen molar-refractivity contribution in [3.8, 4) is 28.6 Å². The number of hydrogen-bond donors (Lipinski definition) is 0. The van der Waals surface area contributed by atoms with Gasteiger partial charge in [0.25, 0.3) is 5.69 Å². The summed E-state index contributed by atoms with van der Waals surface area (Å²) in [4.78, 5) is 9.17. The van der Waals surface area contributed by atoms with Crippen molar-refractivity contribution in [2.45, 2.75) is 9.79 Å². The van der Waals surface area contributed by atoms with E-state index in [1.807, 2.05) is 18.6 Å². The normalized spacial score (nSPS) is 18.3. The molecule has 9 heteroatoms. The lowest BCUT2D eigenvalue weighted by molar-refractivity contribution is -1.04. The second-order valence-corrected chi connectivity index (χ2v) is 11.3. The summed E-state index contributed by atoms with van der Waals surface area (Å²) >= 11 is 1.78. The minimum absolute atomic E-state index is 0.275. The van der Waals surface area contributed by atoms with E-state index in [4.69, 9.17) is 9.84 Å². The summed E-state index contributed by atoms with van der Waals surface area (Å²) in [5, 5.41) is 7.43. The molecule has 1 unspecified atom stereocenters. The molecule has 1 atom stereocenters. The largest absolute Gasteiger partial charge is 0.444 e. The molecule has 4 aliphatic heterocycles. The van der Waals surface area contributed by atoms with Crippen molar-refractivity contribution in [2.75, 3.05) is 0 Å². The van der Waals surface area contributed by atoms with E-state index < -0.39 is 0 Å².